The quantitative estimate of drug-likeness (QED) is 0.851. The van der Waals surface area contributed by atoms with Gasteiger partial charge in [0.1, 0.15) is 17.0 Å². The second kappa shape index (κ2) is 6.52. The summed E-state index contributed by atoms with van der Waals surface area (Å²) in [4.78, 5) is 12.0. The first kappa shape index (κ1) is 18.1. The van der Waals surface area contributed by atoms with Crippen LogP contribution in [0.25, 0.3) is 0 Å². The molecule has 0 aromatic heterocycles. The van der Waals surface area contributed by atoms with E-state index in [9.17, 15) is 4.79 Å². The predicted molar refractivity (Wildman–Crippen MR) is 97.8 cm³/mol. The molecule has 0 spiro atoms. The Balaban J connectivity index is 1.65. The number of benzene rings is 1. The molecular weight excluding hydrogens is 316 g/mol. The van der Waals surface area contributed by atoms with Crippen molar-refractivity contribution in [3.63, 3.8) is 0 Å². The van der Waals surface area contributed by atoms with Gasteiger partial charge < -0.3 is 20.1 Å². The van der Waals surface area contributed by atoms with Crippen molar-refractivity contribution in [1.82, 2.24) is 10.6 Å². The molecule has 1 aliphatic carbocycles. The standard InChI is InChI=1S/C20H30N2O3/c1-19(2,3)25-18(23)21-12-15(13-10-11-13)22-17-14-8-6-7-9-16(14)24-20(17,4)5/h6-9,13,15,17,22H,10-12H2,1-5H3,(H,21,23). The fraction of sp³-hybridized carbons (Fsp3) is 0.650. The molecule has 0 radical (unpaired) electrons. The van der Waals surface area contributed by atoms with E-state index in [1.165, 1.54) is 18.4 Å². The maximum Gasteiger partial charge on any atom is 0.407 e. The van der Waals surface area contributed by atoms with Crippen LogP contribution in [-0.4, -0.2) is 29.9 Å². The van der Waals surface area contributed by atoms with Gasteiger partial charge in [-0.2, -0.15) is 0 Å². The third kappa shape index (κ3) is 4.46. The topological polar surface area (TPSA) is 59.6 Å². The van der Waals surface area contributed by atoms with Gasteiger partial charge in [0.25, 0.3) is 0 Å². The highest BCUT2D eigenvalue weighted by Gasteiger charge is 2.44. The molecular formula is C20H30N2O3. The van der Waals surface area contributed by atoms with E-state index in [1.807, 2.05) is 39.0 Å². The minimum atomic E-state index is -0.479. The summed E-state index contributed by atoms with van der Waals surface area (Å²) in [6.45, 7) is 10.4. The number of alkyl carbamates (subject to hydrolysis) is 1. The van der Waals surface area contributed by atoms with Crippen molar-refractivity contribution in [2.75, 3.05) is 6.54 Å². The Bertz CT molecular complexity index is 632. The lowest BCUT2D eigenvalue weighted by molar-refractivity contribution is 0.0513. The fourth-order valence-electron chi connectivity index (χ4n) is 3.40. The Morgan fingerprint density at radius 1 is 1.32 bits per heavy atom. The first-order chi connectivity index (χ1) is 11.7. The fourth-order valence-corrected chi connectivity index (χ4v) is 3.40. The van der Waals surface area contributed by atoms with Crippen LogP contribution in [0.15, 0.2) is 24.3 Å². The summed E-state index contributed by atoms with van der Waals surface area (Å²) < 4.78 is 11.5. The van der Waals surface area contributed by atoms with Crippen LogP contribution in [0.4, 0.5) is 4.79 Å². The van der Waals surface area contributed by atoms with Crippen molar-refractivity contribution in [2.24, 2.45) is 5.92 Å². The summed E-state index contributed by atoms with van der Waals surface area (Å²) in [7, 11) is 0. The highest BCUT2D eigenvalue weighted by atomic mass is 16.6. The third-order valence-electron chi connectivity index (χ3n) is 4.74. The number of nitrogens with one attached hydrogen (secondary N) is 2. The maximum atomic E-state index is 12.0. The third-order valence-corrected chi connectivity index (χ3v) is 4.74. The molecule has 1 fully saturated rings. The number of hydrogen-bond donors (Lipinski definition) is 2. The zero-order valence-electron chi connectivity index (χ0n) is 15.9. The Labute approximate surface area is 150 Å². The molecule has 2 N–H and O–H groups in total. The van der Waals surface area contributed by atoms with Crippen LogP contribution >= 0.6 is 0 Å². The first-order valence-electron chi connectivity index (χ1n) is 9.16. The minimum absolute atomic E-state index is 0.106. The second-order valence-electron chi connectivity index (χ2n) is 8.67. The van der Waals surface area contributed by atoms with Gasteiger partial charge in [0, 0.05) is 18.2 Å². The van der Waals surface area contributed by atoms with E-state index in [0.717, 1.165) is 5.75 Å². The van der Waals surface area contributed by atoms with Crippen molar-refractivity contribution in [3.05, 3.63) is 29.8 Å². The van der Waals surface area contributed by atoms with E-state index in [4.69, 9.17) is 9.47 Å². The Morgan fingerprint density at radius 3 is 2.64 bits per heavy atom. The minimum Gasteiger partial charge on any atom is -0.486 e. The average Bonchev–Trinajstić information content (AvgIpc) is 3.27. The van der Waals surface area contributed by atoms with Crippen LogP contribution in [0.2, 0.25) is 0 Å². The molecule has 1 saturated carbocycles. The molecule has 0 bridgehead atoms. The first-order valence-corrected chi connectivity index (χ1v) is 9.16. The molecule has 2 aliphatic rings. The van der Waals surface area contributed by atoms with Gasteiger partial charge in [0.05, 0.1) is 6.04 Å². The van der Waals surface area contributed by atoms with Crippen molar-refractivity contribution in [2.45, 2.75) is 70.7 Å². The Hall–Kier alpha value is -1.75. The number of carbonyl (C=O) groups is 1. The summed E-state index contributed by atoms with van der Waals surface area (Å²) in [5, 5.41) is 6.67. The maximum absolute atomic E-state index is 12.0. The summed E-state index contributed by atoms with van der Waals surface area (Å²) in [5.74, 6) is 1.54. The number of ether oxygens (including phenoxy) is 2. The second-order valence-corrected chi connectivity index (χ2v) is 8.67. The molecule has 1 amide bonds. The highest BCUT2D eigenvalue weighted by Crippen LogP contribution is 2.44. The van der Waals surface area contributed by atoms with Gasteiger partial charge in [0.2, 0.25) is 0 Å². The Morgan fingerprint density at radius 2 is 2.00 bits per heavy atom. The molecule has 0 saturated heterocycles. The van der Waals surface area contributed by atoms with Gasteiger partial charge >= 0.3 is 6.09 Å². The summed E-state index contributed by atoms with van der Waals surface area (Å²) in [5.41, 5.74) is 0.394. The average molecular weight is 346 g/mol. The molecule has 138 valence electrons. The monoisotopic (exact) mass is 346 g/mol. The number of amides is 1. The van der Waals surface area contributed by atoms with Gasteiger partial charge in [0.15, 0.2) is 0 Å². The zero-order valence-corrected chi connectivity index (χ0v) is 15.9. The SMILES string of the molecule is CC(C)(C)OC(=O)NCC(NC1c2ccccc2OC1(C)C)C1CC1. The molecule has 25 heavy (non-hydrogen) atoms. The van der Waals surface area contributed by atoms with Gasteiger partial charge in [-0.15, -0.1) is 0 Å². The van der Waals surface area contributed by atoms with Gasteiger partial charge in [-0.3, -0.25) is 0 Å². The lowest BCUT2D eigenvalue weighted by Gasteiger charge is -2.31. The van der Waals surface area contributed by atoms with Gasteiger partial charge in [-0.05, 0) is 59.4 Å². The number of hydrogen-bond acceptors (Lipinski definition) is 4. The van der Waals surface area contributed by atoms with Crippen LogP contribution in [0.5, 0.6) is 5.75 Å². The largest absolute Gasteiger partial charge is 0.486 e. The van der Waals surface area contributed by atoms with Crippen LogP contribution < -0.4 is 15.4 Å². The lowest BCUT2D eigenvalue weighted by Crippen LogP contribution is -2.49. The molecule has 1 aliphatic heterocycles. The van der Waals surface area contributed by atoms with E-state index in [0.29, 0.717) is 12.5 Å². The molecule has 5 heteroatoms. The highest BCUT2D eigenvalue weighted by molar-refractivity contribution is 5.67. The van der Waals surface area contributed by atoms with Crippen molar-refractivity contribution in [3.8, 4) is 5.75 Å². The van der Waals surface area contributed by atoms with E-state index in [2.05, 4.69) is 30.5 Å². The van der Waals surface area contributed by atoms with Crippen LogP contribution in [-0.2, 0) is 4.74 Å². The smallest absolute Gasteiger partial charge is 0.407 e. The van der Waals surface area contributed by atoms with Crippen molar-refractivity contribution in [1.29, 1.82) is 0 Å². The molecule has 3 rings (SSSR count). The Kier molecular flexibility index (Phi) is 4.71. The summed E-state index contributed by atoms with van der Waals surface area (Å²) in [6.07, 6.45) is 2.04. The molecule has 2 unspecified atom stereocenters. The number of fused-ring (bicyclic) bond motifs is 1. The predicted octanol–water partition coefficient (Wildman–Crippen LogP) is 3.79. The summed E-state index contributed by atoms with van der Waals surface area (Å²) in [6, 6.07) is 8.50. The number of para-hydroxylation sites is 1. The van der Waals surface area contributed by atoms with Gasteiger partial charge in [-0.25, -0.2) is 4.79 Å². The number of rotatable bonds is 5. The van der Waals surface area contributed by atoms with E-state index >= 15 is 0 Å². The molecule has 1 aromatic rings. The summed E-state index contributed by atoms with van der Waals surface area (Å²) >= 11 is 0. The number of carbonyl (C=O) groups excluding carboxylic acids is 1. The van der Waals surface area contributed by atoms with Gasteiger partial charge in [-0.1, -0.05) is 18.2 Å². The van der Waals surface area contributed by atoms with Crippen LogP contribution in [0.3, 0.4) is 0 Å². The van der Waals surface area contributed by atoms with E-state index in [-0.39, 0.29) is 23.8 Å². The normalized spacial score (nSPS) is 22.7. The molecule has 1 heterocycles. The molecule has 2 atom stereocenters. The zero-order chi connectivity index (χ0) is 18.2. The van der Waals surface area contributed by atoms with Crippen LogP contribution in [0, 0.1) is 5.92 Å². The van der Waals surface area contributed by atoms with E-state index in [1.54, 1.807) is 0 Å². The lowest BCUT2D eigenvalue weighted by atomic mass is 9.93. The molecule has 1 aromatic carbocycles. The molecule has 5 nitrogen and oxygen atoms in total. The van der Waals surface area contributed by atoms with Crippen LogP contribution in [0.1, 0.15) is 59.1 Å². The van der Waals surface area contributed by atoms with E-state index < -0.39 is 5.60 Å². The van der Waals surface area contributed by atoms with Crippen molar-refractivity contribution >= 4 is 6.09 Å². The van der Waals surface area contributed by atoms with Crippen molar-refractivity contribution < 1.29 is 14.3 Å².